The molecule has 1 saturated heterocycles. The van der Waals surface area contributed by atoms with E-state index in [1.54, 1.807) is 0 Å². The maximum atomic E-state index is 13.7. The zero-order valence-corrected chi connectivity index (χ0v) is 17.9. The number of hydrogen-bond donors (Lipinski definition) is 1. The number of fused-ring (bicyclic) bond motifs is 5. The smallest absolute Gasteiger partial charge is 0.169 e. The molecule has 4 saturated carbocycles. The summed E-state index contributed by atoms with van der Waals surface area (Å²) in [4.78, 5) is 26.1. The number of aliphatic hydroxyl groups is 1. The van der Waals surface area contributed by atoms with Crippen molar-refractivity contribution in [2.24, 2.45) is 40.4 Å². The molecule has 160 valence electrons. The Kier molecular flexibility index (Phi) is 4.36. The summed E-state index contributed by atoms with van der Waals surface area (Å²) in [7, 11) is 0. The van der Waals surface area contributed by atoms with Crippen LogP contribution in [-0.2, 0) is 19.1 Å². The van der Waals surface area contributed by atoms with Crippen LogP contribution in [0.15, 0.2) is 11.8 Å². The highest BCUT2D eigenvalue weighted by atomic mass is 16.7. The molecule has 1 N–H and O–H groups in total. The van der Waals surface area contributed by atoms with Crippen LogP contribution in [-0.4, -0.2) is 35.7 Å². The first-order valence-electron chi connectivity index (χ1n) is 11.4. The largest absolute Gasteiger partial charge is 0.515 e. The zero-order chi connectivity index (χ0) is 20.6. The molecule has 1 heterocycles. The SMILES string of the molecule is CC1([C@H]2CC[C@H]3[C@@H]4CC[C@H]5CC(=O)C(=CO)C[C@]5(C)[C@H]4C(=O)C[C@]23C)OCCO1. The summed E-state index contributed by atoms with van der Waals surface area (Å²) < 4.78 is 12.1. The Morgan fingerprint density at radius 2 is 1.69 bits per heavy atom. The summed E-state index contributed by atoms with van der Waals surface area (Å²) in [6.07, 6.45) is 6.81. The Morgan fingerprint density at radius 3 is 2.38 bits per heavy atom. The molecule has 5 nitrogen and oxygen atoms in total. The molecule has 29 heavy (non-hydrogen) atoms. The fourth-order valence-electron chi connectivity index (χ4n) is 8.54. The van der Waals surface area contributed by atoms with E-state index in [0.29, 0.717) is 55.7 Å². The van der Waals surface area contributed by atoms with Crippen LogP contribution in [0.3, 0.4) is 0 Å². The summed E-state index contributed by atoms with van der Waals surface area (Å²) >= 11 is 0. The molecule has 7 atom stereocenters. The Hall–Kier alpha value is -1.20. The molecule has 4 aliphatic carbocycles. The third-order valence-corrected chi connectivity index (χ3v) is 9.76. The monoisotopic (exact) mass is 402 g/mol. The number of aliphatic hydroxyl groups excluding tert-OH is 1. The van der Waals surface area contributed by atoms with E-state index < -0.39 is 5.79 Å². The number of Topliss-reactive ketones (excluding diaryl/α,β-unsaturated/α-hetero) is 2. The van der Waals surface area contributed by atoms with Gasteiger partial charge in [0.2, 0.25) is 0 Å². The number of carbonyl (C=O) groups is 2. The van der Waals surface area contributed by atoms with Crippen molar-refractivity contribution in [1.82, 2.24) is 0 Å². The molecule has 0 aromatic heterocycles. The van der Waals surface area contributed by atoms with Gasteiger partial charge in [0.25, 0.3) is 0 Å². The van der Waals surface area contributed by atoms with Crippen LogP contribution in [0.25, 0.3) is 0 Å². The Bertz CT molecular complexity index is 765. The first-order chi connectivity index (χ1) is 13.7. The molecule has 5 aliphatic rings. The summed E-state index contributed by atoms with van der Waals surface area (Å²) in [5.74, 6) is 1.22. The highest BCUT2D eigenvalue weighted by Crippen LogP contribution is 2.68. The number of carbonyl (C=O) groups excluding carboxylic acids is 2. The summed E-state index contributed by atoms with van der Waals surface area (Å²) in [5, 5.41) is 9.61. The zero-order valence-electron chi connectivity index (χ0n) is 17.9. The van der Waals surface area contributed by atoms with E-state index in [1.807, 2.05) is 0 Å². The first kappa shape index (κ1) is 19.7. The van der Waals surface area contributed by atoms with E-state index >= 15 is 0 Å². The van der Waals surface area contributed by atoms with Gasteiger partial charge < -0.3 is 14.6 Å². The van der Waals surface area contributed by atoms with Crippen LogP contribution in [0.1, 0.15) is 65.7 Å². The minimum Gasteiger partial charge on any atom is -0.515 e. The van der Waals surface area contributed by atoms with Gasteiger partial charge in [-0.15, -0.1) is 0 Å². The molecular weight excluding hydrogens is 368 g/mol. The third kappa shape index (κ3) is 2.59. The molecule has 0 spiro atoms. The van der Waals surface area contributed by atoms with E-state index in [0.717, 1.165) is 31.9 Å². The maximum absolute atomic E-state index is 13.7. The van der Waals surface area contributed by atoms with Gasteiger partial charge in [-0.1, -0.05) is 13.8 Å². The standard InChI is InChI=1S/C24H34O5/c1-22-11-14(13-25)18(26)10-15(22)4-5-16-17-6-7-20(24(3)28-8-9-29-24)23(17,2)12-19(27)21(16)22/h13,15-17,20-21,25H,4-12H2,1-3H3/t15-,16-,17-,20-,21+,22-,23-/m0/s1. The quantitative estimate of drug-likeness (QED) is 0.525. The van der Waals surface area contributed by atoms with Crippen molar-refractivity contribution in [3.63, 3.8) is 0 Å². The predicted molar refractivity (Wildman–Crippen MR) is 107 cm³/mol. The van der Waals surface area contributed by atoms with Gasteiger partial charge in [0, 0.05) is 30.3 Å². The predicted octanol–water partition coefficient (Wildman–Crippen LogP) is 4.21. The maximum Gasteiger partial charge on any atom is 0.169 e. The van der Waals surface area contributed by atoms with Crippen LogP contribution >= 0.6 is 0 Å². The fourth-order valence-corrected chi connectivity index (χ4v) is 8.54. The van der Waals surface area contributed by atoms with Gasteiger partial charge in [0.15, 0.2) is 11.6 Å². The van der Waals surface area contributed by atoms with Crippen molar-refractivity contribution in [3.05, 3.63) is 11.8 Å². The van der Waals surface area contributed by atoms with Gasteiger partial charge in [0.1, 0.15) is 5.78 Å². The number of ether oxygens (including phenoxy) is 2. The second-order valence-electron chi connectivity index (χ2n) is 11.0. The minimum absolute atomic E-state index is 0.000606. The lowest BCUT2D eigenvalue weighted by Crippen LogP contribution is -2.59. The molecule has 0 aromatic carbocycles. The number of ketones is 2. The van der Waals surface area contributed by atoms with Gasteiger partial charge in [-0.3, -0.25) is 9.59 Å². The van der Waals surface area contributed by atoms with Crippen LogP contribution in [0.2, 0.25) is 0 Å². The molecule has 5 heteroatoms. The molecule has 0 amide bonds. The third-order valence-electron chi connectivity index (χ3n) is 9.76. The van der Waals surface area contributed by atoms with Gasteiger partial charge in [-0.2, -0.15) is 0 Å². The topological polar surface area (TPSA) is 72.8 Å². The van der Waals surface area contributed by atoms with Gasteiger partial charge in [-0.25, -0.2) is 0 Å². The van der Waals surface area contributed by atoms with Crippen molar-refractivity contribution in [2.75, 3.05) is 13.2 Å². The van der Waals surface area contributed by atoms with Gasteiger partial charge in [0.05, 0.1) is 19.5 Å². The Morgan fingerprint density at radius 1 is 0.966 bits per heavy atom. The lowest BCUT2D eigenvalue weighted by atomic mass is 9.44. The van der Waals surface area contributed by atoms with E-state index in [1.165, 1.54) is 0 Å². The lowest BCUT2D eigenvalue weighted by Gasteiger charge is -2.59. The van der Waals surface area contributed by atoms with Crippen molar-refractivity contribution >= 4 is 11.6 Å². The van der Waals surface area contributed by atoms with Crippen molar-refractivity contribution in [1.29, 1.82) is 0 Å². The van der Waals surface area contributed by atoms with Gasteiger partial charge >= 0.3 is 0 Å². The minimum atomic E-state index is -0.568. The lowest BCUT2D eigenvalue weighted by molar-refractivity contribution is -0.215. The Labute approximate surface area is 173 Å². The van der Waals surface area contributed by atoms with Crippen LogP contribution in [0.5, 0.6) is 0 Å². The van der Waals surface area contributed by atoms with Crippen LogP contribution < -0.4 is 0 Å². The summed E-state index contributed by atoms with van der Waals surface area (Å²) in [6.45, 7) is 7.85. The first-order valence-corrected chi connectivity index (χ1v) is 11.4. The summed E-state index contributed by atoms with van der Waals surface area (Å²) in [6, 6.07) is 0. The number of hydrogen-bond acceptors (Lipinski definition) is 5. The number of rotatable bonds is 1. The van der Waals surface area contributed by atoms with Crippen LogP contribution in [0, 0.1) is 40.4 Å². The van der Waals surface area contributed by atoms with Crippen molar-refractivity contribution < 1.29 is 24.2 Å². The second kappa shape index (κ2) is 6.40. The van der Waals surface area contributed by atoms with E-state index in [9.17, 15) is 14.7 Å². The van der Waals surface area contributed by atoms with E-state index in [2.05, 4.69) is 20.8 Å². The molecule has 5 fully saturated rings. The van der Waals surface area contributed by atoms with Gasteiger partial charge in [-0.05, 0) is 67.6 Å². The molecule has 1 aliphatic heterocycles. The van der Waals surface area contributed by atoms with E-state index in [4.69, 9.17) is 9.47 Å². The molecule has 0 unspecified atom stereocenters. The van der Waals surface area contributed by atoms with Crippen LogP contribution in [0.4, 0.5) is 0 Å². The molecule has 0 aromatic rings. The molecular formula is C24H34O5. The molecule has 0 radical (unpaired) electrons. The molecule has 5 rings (SSSR count). The highest BCUT2D eigenvalue weighted by Gasteiger charge is 2.66. The average molecular weight is 403 g/mol. The van der Waals surface area contributed by atoms with E-state index in [-0.39, 0.29) is 34.4 Å². The van der Waals surface area contributed by atoms with Crippen molar-refractivity contribution in [3.8, 4) is 0 Å². The molecule has 0 bridgehead atoms. The highest BCUT2D eigenvalue weighted by molar-refractivity contribution is 5.97. The second-order valence-corrected chi connectivity index (χ2v) is 11.0. The summed E-state index contributed by atoms with van der Waals surface area (Å²) in [5.41, 5.74) is 0.211. The normalized spacial score (nSPS) is 50.3. The average Bonchev–Trinajstić information content (AvgIpc) is 3.25. The number of allylic oxidation sites excluding steroid dienone is 1. The Balaban J connectivity index is 1.49. The van der Waals surface area contributed by atoms with Crippen molar-refractivity contribution in [2.45, 2.75) is 71.5 Å². The fraction of sp³-hybridized carbons (Fsp3) is 0.833.